The van der Waals surface area contributed by atoms with Gasteiger partial charge in [0.25, 0.3) is 0 Å². The third kappa shape index (κ3) is 3.75. The number of fused-ring (bicyclic) bond motifs is 1. The average molecular weight is 305 g/mol. The Morgan fingerprint density at radius 2 is 2.05 bits per heavy atom. The second-order valence-electron chi connectivity index (χ2n) is 6.02. The number of nitrogens with one attached hydrogen (secondary N) is 1. The van der Waals surface area contributed by atoms with E-state index >= 15 is 0 Å². The number of carbonyl (C=O) groups excluding carboxylic acids is 1. The van der Waals surface area contributed by atoms with Crippen LogP contribution >= 0.6 is 0 Å². The van der Waals surface area contributed by atoms with Gasteiger partial charge in [0.2, 0.25) is 0 Å². The van der Waals surface area contributed by atoms with E-state index in [1.807, 2.05) is 0 Å². The number of ether oxygens (including phenoxy) is 1. The van der Waals surface area contributed by atoms with Gasteiger partial charge in [0.15, 0.2) is 0 Å². The summed E-state index contributed by atoms with van der Waals surface area (Å²) in [6.45, 7) is 6.90. The highest BCUT2D eigenvalue weighted by molar-refractivity contribution is 5.90. The lowest BCUT2D eigenvalue weighted by molar-refractivity contribution is -0.140. The van der Waals surface area contributed by atoms with Crippen LogP contribution < -0.4 is 5.32 Å². The molecular formula is C15H19N3O4. The maximum Gasteiger partial charge on any atom is 0.412 e. The van der Waals surface area contributed by atoms with Crippen molar-refractivity contribution in [2.45, 2.75) is 39.3 Å². The predicted molar refractivity (Wildman–Crippen MR) is 81.9 cm³/mol. The van der Waals surface area contributed by atoms with Crippen LogP contribution in [0.15, 0.2) is 24.4 Å². The molecule has 0 aliphatic carbocycles. The predicted octanol–water partition coefficient (Wildman–Crippen LogP) is 3.03. The number of nitrogens with zero attached hydrogens (tertiary/aromatic N) is 2. The normalized spacial score (nSPS) is 12.9. The summed E-state index contributed by atoms with van der Waals surface area (Å²) in [4.78, 5) is 22.7. The zero-order valence-electron chi connectivity index (χ0n) is 13.0. The van der Waals surface area contributed by atoms with E-state index in [0.717, 1.165) is 5.39 Å². The van der Waals surface area contributed by atoms with Gasteiger partial charge in [-0.1, -0.05) is 0 Å². The van der Waals surface area contributed by atoms with Gasteiger partial charge in [0, 0.05) is 17.3 Å². The van der Waals surface area contributed by atoms with Crippen molar-refractivity contribution in [2.75, 3.05) is 5.32 Å². The molecule has 118 valence electrons. The largest absolute Gasteiger partial charge is 0.480 e. The third-order valence-electron chi connectivity index (χ3n) is 2.92. The van der Waals surface area contributed by atoms with E-state index < -0.39 is 23.7 Å². The van der Waals surface area contributed by atoms with Crippen molar-refractivity contribution in [2.24, 2.45) is 0 Å². The quantitative estimate of drug-likeness (QED) is 0.909. The van der Waals surface area contributed by atoms with Gasteiger partial charge >= 0.3 is 12.1 Å². The molecule has 1 heterocycles. The SMILES string of the molecule is CC(C(=O)O)n1cc2cc(NC(=O)OC(C)(C)C)ccc2n1. The molecule has 7 nitrogen and oxygen atoms in total. The number of rotatable bonds is 3. The highest BCUT2D eigenvalue weighted by Gasteiger charge is 2.17. The van der Waals surface area contributed by atoms with Crippen LogP contribution in [0.1, 0.15) is 33.7 Å². The molecule has 7 heteroatoms. The van der Waals surface area contributed by atoms with E-state index in [2.05, 4.69) is 10.4 Å². The smallest absolute Gasteiger partial charge is 0.412 e. The molecule has 0 spiro atoms. The molecular weight excluding hydrogens is 286 g/mol. The van der Waals surface area contributed by atoms with E-state index in [9.17, 15) is 9.59 Å². The van der Waals surface area contributed by atoms with Crippen molar-refractivity contribution >= 4 is 28.7 Å². The fraction of sp³-hybridized carbons (Fsp3) is 0.400. The summed E-state index contributed by atoms with van der Waals surface area (Å²) in [5.41, 5.74) is 0.641. The molecule has 1 aromatic carbocycles. The highest BCUT2D eigenvalue weighted by Crippen LogP contribution is 2.20. The average Bonchev–Trinajstić information content (AvgIpc) is 2.78. The van der Waals surface area contributed by atoms with Gasteiger partial charge in [-0.15, -0.1) is 0 Å². The van der Waals surface area contributed by atoms with Crippen LogP contribution in [0.3, 0.4) is 0 Å². The Morgan fingerprint density at radius 1 is 1.36 bits per heavy atom. The van der Waals surface area contributed by atoms with Gasteiger partial charge in [-0.05, 0) is 45.9 Å². The summed E-state index contributed by atoms with van der Waals surface area (Å²) in [5, 5.41) is 16.6. The lowest BCUT2D eigenvalue weighted by Gasteiger charge is -2.19. The van der Waals surface area contributed by atoms with Gasteiger partial charge in [-0.25, -0.2) is 9.59 Å². The zero-order valence-corrected chi connectivity index (χ0v) is 13.0. The number of aliphatic carboxylic acids is 1. The maximum atomic E-state index is 11.7. The zero-order chi connectivity index (χ0) is 16.5. The Labute approximate surface area is 127 Å². The molecule has 0 saturated heterocycles. The first-order valence-electron chi connectivity index (χ1n) is 6.87. The summed E-state index contributed by atoms with van der Waals surface area (Å²) < 4.78 is 6.56. The summed E-state index contributed by atoms with van der Waals surface area (Å²) in [5.74, 6) is -0.958. The first kappa shape index (κ1) is 15.8. The number of amides is 1. The Hall–Kier alpha value is -2.57. The minimum atomic E-state index is -0.958. The van der Waals surface area contributed by atoms with Crippen molar-refractivity contribution in [3.8, 4) is 0 Å². The Morgan fingerprint density at radius 3 is 2.64 bits per heavy atom. The molecule has 1 unspecified atom stereocenters. The summed E-state index contributed by atoms with van der Waals surface area (Å²) >= 11 is 0. The lowest BCUT2D eigenvalue weighted by atomic mass is 10.2. The van der Waals surface area contributed by atoms with Crippen LogP contribution in [0.25, 0.3) is 10.9 Å². The van der Waals surface area contributed by atoms with E-state index in [1.54, 1.807) is 52.1 Å². The van der Waals surface area contributed by atoms with Gasteiger partial charge in [-0.3, -0.25) is 10.00 Å². The highest BCUT2D eigenvalue weighted by atomic mass is 16.6. The van der Waals surface area contributed by atoms with Gasteiger partial charge in [0.05, 0.1) is 5.52 Å². The van der Waals surface area contributed by atoms with Crippen LogP contribution in [0, 0.1) is 0 Å². The lowest BCUT2D eigenvalue weighted by Crippen LogP contribution is -2.27. The van der Waals surface area contributed by atoms with E-state index in [0.29, 0.717) is 11.2 Å². The third-order valence-corrected chi connectivity index (χ3v) is 2.92. The molecule has 0 aliphatic heterocycles. The number of carboxylic acid groups (broad SMARTS) is 1. The summed E-state index contributed by atoms with van der Waals surface area (Å²) in [6.07, 6.45) is 1.09. The molecule has 2 aromatic rings. The topological polar surface area (TPSA) is 93.5 Å². The second-order valence-corrected chi connectivity index (χ2v) is 6.02. The fourth-order valence-electron chi connectivity index (χ4n) is 1.86. The van der Waals surface area contributed by atoms with E-state index in [1.165, 1.54) is 4.68 Å². The molecule has 2 N–H and O–H groups in total. The van der Waals surface area contributed by atoms with E-state index in [4.69, 9.17) is 9.84 Å². The number of hydrogen-bond acceptors (Lipinski definition) is 4. The fourth-order valence-corrected chi connectivity index (χ4v) is 1.86. The molecule has 0 aliphatic rings. The second kappa shape index (κ2) is 5.67. The van der Waals surface area contributed by atoms with Crippen LogP contribution in [0.4, 0.5) is 10.5 Å². The standard InChI is InChI=1S/C15H19N3O4/c1-9(13(19)20)18-8-10-7-11(5-6-12(10)17-18)16-14(21)22-15(2,3)4/h5-9H,1-4H3,(H,16,21)(H,19,20). The molecule has 1 atom stereocenters. The number of carbonyl (C=O) groups is 2. The number of hydrogen-bond donors (Lipinski definition) is 2. The number of carboxylic acids is 1. The number of aromatic nitrogens is 2. The molecule has 1 amide bonds. The molecule has 0 radical (unpaired) electrons. The molecule has 0 fully saturated rings. The molecule has 1 aromatic heterocycles. The summed E-state index contributed by atoms with van der Waals surface area (Å²) in [7, 11) is 0. The van der Waals surface area contributed by atoms with Gasteiger partial charge in [0.1, 0.15) is 11.6 Å². The molecule has 2 rings (SSSR count). The van der Waals surface area contributed by atoms with Crippen LogP contribution in [0.2, 0.25) is 0 Å². The van der Waals surface area contributed by atoms with Crippen molar-refractivity contribution in [1.29, 1.82) is 0 Å². The van der Waals surface area contributed by atoms with Crippen molar-refractivity contribution in [1.82, 2.24) is 9.78 Å². The monoisotopic (exact) mass is 305 g/mol. The maximum absolute atomic E-state index is 11.7. The first-order chi connectivity index (χ1) is 10.2. The first-order valence-corrected chi connectivity index (χ1v) is 6.87. The van der Waals surface area contributed by atoms with Crippen LogP contribution in [-0.2, 0) is 9.53 Å². The Kier molecular flexibility index (Phi) is 4.07. The van der Waals surface area contributed by atoms with Crippen molar-refractivity contribution in [3.63, 3.8) is 0 Å². The van der Waals surface area contributed by atoms with Crippen LogP contribution in [0.5, 0.6) is 0 Å². The minimum Gasteiger partial charge on any atom is -0.480 e. The van der Waals surface area contributed by atoms with E-state index in [-0.39, 0.29) is 0 Å². The molecule has 22 heavy (non-hydrogen) atoms. The Bertz CT molecular complexity index is 715. The van der Waals surface area contributed by atoms with Gasteiger partial charge < -0.3 is 9.84 Å². The molecule has 0 bridgehead atoms. The molecule has 0 saturated carbocycles. The van der Waals surface area contributed by atoms with Crippen molar-refractivity contribution in [3.05, 3.63) is 24.4 Å². The minimum absolute atomic E-state index is 0.543. The number of benzene rings is 1. The Balaban J connectivity index is 2.20. The summed E-state index contributed by atoms with van der Waals surface area (Å²) in [6, 6.07) is 4.37. The van der Waals surface area contributed by atoms with Crippen LogP contribution in [-0.4, -0.2) is 32.6 Å². The number of anilines is 1. The van der Waals surface area contributed by atoms with Gasteiger partial charge in [-0.2, -0.15) is 5.10 Å². The van der Waals surface area contributed by atoms with Crippen molar-refractivity contribution < 1.29 is 19.4 Å².